The summed E-state index contributed by atoms with van der Waals surface area (Å²) in [5.74, 6) is 0.0885. The van der Waals surface area contributed by atoms with E-state index in [0.717, 1.165) is 22.5 Å². The van der Waals surface area contributed by atoms with Crippen LogP contribution >= 0.6 is 0 Å². The highest BCUT2D eigenvalue weighted by atomic mass is 16.1. The first kappa shape index (κ1) is 11.5. The van der Waals surface area contributed by atoms with Crippen molar-refractivity contribution in [2.75, 3.05) is 12.4 Å². The number of aryl methyl sites for hydroxylation is 1. The van der Waals surface area contributed by atoms with E-state index < -0.39 is 0 Å². The predicted octanol–water partition coefficient (Wildman–Crippen LogP) is 2.94. The second-order valence-corrected chi connectivity index (χ2v) is 4.11. The molecule has 0 amide bonds. The van der Waals surface area contributed by atoms with Gasteiger partial charge in [-0.2, -0.15) is 0 Å². The zero-order valence-electron chi connectivity index (χ0n) is 10.3. The Balaban J connectivity index is 2.39. The number of rotatable bonds is 3. The lowest BCUT2D eigenvalue weighted by atomic mass is 10.1. The summed E-state index contributed by atoms with van der Waals surface area (Å²) in [6.07, 6.45) is 1.98. The highest BCUT2D eigenvalue weighted by Gasteiger charge is 2.08. The molecule has 3 heteroatoms. The Kier molecular flexibility index (Phi) is 3.00. The van der Waals surface area contributed by atoms with E-state index in [-0.39, 0.29) is 5.78 Å². The van der Waals surface area contributed by atoms with Crippen molar-refractivity contribution in [3.05, 3.63) is 42.2 Å². The molecule has 0 bridgehead atoms. The summed E-state index contributed by atoms with van der Waals surface area (Å²) in [6, 6.07) is 10.1. The molecule has 0 spiro atoms. The van der Waals surface area contributed by atoms with Crippen molar-refractivity contribution >= 4 is 11.5 Å². The number of Topliss-reactive ketones (excluding diaryl/α,β-unsaturated/α-hetero) is 1. The maximum atomic E-state index is 11.4. The van der Waals surface area contributed by atoms with E-state index in [1.165, 1.54) is 0 Å². The first-order chi connectivity index (χ1) is 8.11. The SMILES string of the molecule is CNc1ccc(-c2cc(C(C)=O)n(C)c2)cc1. The lowest BCUT2D eigenvalue weighted by molar-refractivity contribution is 0.101. The van der Waals surface area contributed by atoms with Crippen LogP contribution in [0.4, 0.5) is 5.69 Å². The van der Waals surface area contributed by atoms with Gasteiger partial charge in [0, 0.05) is 38.5 Å². The summed E-state index contributed by atoms with van der Waals surface area (Å²) >= 11 is 0. The number of nitrogens with zero attached hydrogens (tertiary/aromatic N) is 1. The molecule has 2 rings (SSSR count). The minimum absolute atomic E-state index is 0.0885. The molecule has 0 unspecified atom stereocenters. The Morgan fingerprint density at radius 2 is 1.82 bits per heavy atom. The third kappa shape index (κ3) is 2.23. The van der Waals surface area contributed by atoms with Crippen LogP contribution in [0, 0.1) is 0 Å². The number of hydrogen-bond acceptors (Lipinski definition) is 2. The van der Waals surface area contributed by atoms with Crippen LogP contribution in [0.3, 0.4) is 0 Å². The maximum absolute atomic E-state index is 11.4. The quantitative estimate of drug-likeness (QED) is 0.819. The molecule has 1 N–H and O–H groups in total. The van der Waals surface area contributed by atoms with Gasteiger partial charge in [-0.05, 0) is 23.8 Å². The molecular formula is C14H16N2O. The van der Waals surface area contributed by atoms with Crippen molar-refractivity contribution in [1.29, 1.82) is 0 Å². The van der Waals surface area contributed by atoms with Gasteiger partial charge in [0.25, 0.3) is 0 Å². The normalized spacial score (nSPS) is 10.3. The third-order valence-electron chi connectivity index (χ3n) is 2.87. The largest absolute Gasteiger partial charge is 0.388 e. The highest BCUT2D eigenvalue weighted by molar-refractivity contribution is 5.94. The smallest absolute Gasteiger partial charge is 0.176 e. The highest BCUT2D eigenvalue weighted by Crippen LogP contribution is 2.23. The van der Waals surface area contributed by atoms with E-state index in [1.54, 1.807) is 6.92 Å². The fourth-order valence-corrected chi connectivity index (χ4v) is 1.90. The molecule has 0 atom stereocenters. The Bertz CT molecular complexity index is 538. The van der Waals surface area contributed by atoms with E-state index in [0.29, 0.717) is 0 Å². The molecule has 1 aromatic heterocycles. The number of benzene rings is 1. The van der Waals surface area contributed by atoms with Crippen LogP contribution in [0.1, 0.15) is 17.4 Å². The molecule has 3 nitrogen and oxygen atoms in total. The zero-order chi connectivity index (χ0) is 12.4. The van der Waals surface area contributed by atoms with Crippen molar-refractivity contribution in [2.45, 2.75) is 6.92 Å². The minimum atomic E-state index is 0.0885. The first-order valence-electron chi connectivity index (χ1n) is 5.57. The summed E-state index contributed by atoms with van der Waals surface area (Å²) in [4.78, 5) is 11.4. The van der Waals surface area contributed by atoms with Crippen LogP contribution in [-0.2, 0) is 7.05 Å². The van der Waals surface area contributed by atoms with E-state index in [2.05, 4.69) is 5.32 Å². The van der Waals surface area contributed by atoms with Gasteiger partial charge in [-0.15, -0.1) is 0 Å². The molecule has 0 aliphatic heterocycles. The van der Waals surface area contributed by atoms with Gasteiger partial charge < -0.3 is 9.88 Å². The average molecular weight is 228 g/mol. The second kappa shape index (κ2) is 4.45. The van der Waals surface area contributed by atoms with Crippen molar-refractivity contribution < 1.29 is 4.79 Å². The number of carbonyl (C=O) groups excluding carboxylic acids is 1. The van der Waals surface area contributed by atoms with Gasteiger partial charge in [0.1, 0.15) is 0 Å². The lowest BCUT2D eigenvalue weighted by Gasteiger charge is -2.01. The first-order valence-corrected chi connectivity index (χ1v) is 5.57. The lowest BCUT2D eigenvalue weighted by Crippen LogP contribution is -1.99. The van der Waals surface area contributed by atoms with Crippen LogP contribution < -0.4 is 5.32 Å². The summed E-state index contributed by atoms with van der Waals surface area (Å²) in [6.45, 7) is 1.59. The summed E-state index contributed by atoms with van der Waals surface area (Å²) in [7, 11) is 3.79. The molecule has 17 heavy (non-hydrogen) atoms. The maximum Gasteiger partial charge on any atom is 0.176 e. The monoisotopic (exact) mass is 228 g/mol. The summed E-state index contributed by atoms with van der Waals surface area (Å²) in [5, 5.41) is 3.08. The van der Waals surface area contributed by atoms with E-state index in [9.17, 15) is 4.79 Å². The van der Waals surface area contributed by atoms with E-state index >= 15 is 0 Å². The zero-order valence-corrected chi connectivity index (χ0v) is 10.3. The molecule has 2 aromatic rings. The van der Waals surface area contributed by atoms with Crippen LogP contribution in [-0.4, -0.2) is 17.4 Å². The molecule has 88 valence electrons. The fraction of sp³-hybridized carbons (Fsp3) is 0.214. The minimum Gasteiger partial charge on any atom is -0.388 e. The number of anilines is 1. The molecule has 1 heterocycles. The third-order valence-corrected chi connectivity index (χ3v) is 2.87. The van der Waals surface area contributed by atoms with Crippen LogP contribution in [0.25, 0.3) is 11.1 Å². The van der Waals surface area contributed by atoms with Gasteiger partial charge in [0.15, 0.2) is 5.78 Å². The summed E-state index contributed by atoms with van der Waals surface area (Å²) < 4.78 is 1.86. The molecule has 0 radical (unpaired) electrons. The Hall–Kier alpha value is -2.03. The Morgan fingerprint density at radius 3 is 2.29 bits per heavy atom. The van der Waals surface area contributed by atoms with E-state index in [4.69, 9.17) is 0 Å². The molecule has 0 saturated carbocycles. The van der Waals surface area contributed by atoms with Crippen LogP contribution in [0.15, 0.2) is 36.5 Å². The number of carbonyl (C=O) groups is 1. The van der Waals surface area contributed by atoms with Gasteiger partial charge in [0.05, 0.1) is 5.69 Å². The molecule has 0 saturated heterocycles. The van der Waals surface area contributed by atoms with Crippen LogP contribution in [0.5, 0.6) is 0 Å². The predicted molar refractivity (Wildman–Crippen MR) is 70.4 cm³/mol. The molecule has 0 aliphatic rings. The summed E-state index contributed by atoms with van der Waals surface area (Å²) in [5.41, 5.74) is 4.00. The average Bonchev–Trinajstić information content (AvgIpc) is 2.71. The van der Waals surface area contributed by atoms with Gasteiger partial charge in [-0.3, -0.25) is 4.79 Å². The Labute approximate surface area is 101 Å². The van der Waals surface area contributed by atoms with Crippen molar-refractivity contribution in [1.82, 2.24) is 4.57 Å². The standard InChI is InChI=1S/C14H16N2O/c1-10(17)14-8-12(9-16(14)3)11-4-6-13(15-2)7-5-11/h4-9,15H,1-3H3. The molecule has 0 aliphatic carbocycles. The topological polar surface area (TPSA) is 34.0 Å². The Morgan fingerprint density at radius 1 is 1.18 bits per heavy atom. The second-order valence-electron chi connectivity index (χ2n) is 4.11. The fourth-order valence-electron chi connectivity index (χ4n) is 1.90. The van der Waals surface area contributed by atoms with Gasteiger partial charge in [-0.25, -0.2) is 0 Å². The number of ketones is 1. The number of nitrogens with one attached hydrogen (secondary N) is 1. The van der Waals surface area contributed by atoms with Crippen molar-refractivity contribution in [3.63, 3.8) is 0 Å². The van der Waals surface area contributed by atoms with Crippen LogP contribution in [0.2, 0.25) is 0 Å². The van der Waals surface area contributed by atoms with E-state index in [1.807, 2.05) is 55.2 Å². The number of hydrogen-bond donors (Lipinski definition) is 1. The molecular weight excluding hydrogens is 212 g/mol. The van der Waals surface area contributed by atoms with Gasteiger partial charge in [-0.1, -0.05) is 12.1 Å². The molecule has 0 fully saturated rings. The van der Waals surface area contributed by atoms with Crippen molar-refractivity contribution in [2.24, 2.45) is 7.05 Å². The van der Waals surface area contributed by atoms with Gasteiger partial charge in [0.2, 0.25) is 0 Å². The number of aromatic nitrogens is 1. The van der Waals surface area contributed by atoms with Gasteiger partial charge >= 0.3 is 0 Å². The molecule has 1 aromatic carbocycles. The van der Waals surface area contributed by atoms with Crippen molar-refractivity contribution in [3.8, 4) is 11.1 Å².